The quantitative estimate of drug-likeness (QED) is 0.467. The first-order valence-electron chi connectivity index (χ1n) is 9.29. The number of likely N-dealkylation sites (N-methyl/N-ethyl adjacent to an activating group) is 1. The first-order valence-corrected chi connectivity index (χ1v) is 9.67. The molecule has 2 N–H and O–H groups in total. The fourth-order valence-electron chi connectivity index (χ4n) is 3.24. The van der Waals surface area contributed by atoms with E-state index in [0.29, 0.717) is 5.02 Å². The third-order valence-electron chi connectivity index (χ3n) is 4.61. The van der Waals surface area contributed by atoms with Crippen LogP contribution in [-0.4, -0.2) is 34.7 Å². The minimum absolute atomic E-state index is 0.711. The van der Waals surface area contributed by atoms with Crippen LogP contribution < -0.4 is 10.6 Å². The second-order valence-electron chi connectivity index (χ2n) is 6.59. The van der Waals surface area contributed by atoms with Crippen molar-refractivity contribution in [3.63, 3.8) is 0 Å². The molecule has 5 nitrogen and oxygen atoms in total. The van der Waals surface area contributed by atoms with Gasteiger partial charge in [-0.05, 0) is 49.0 Å². The maximum atomic E-state index is 6.09. The third kappa shape index (κ3) is 3.92. The Morgan fingerprint density at radius 1 is 1.04 bits per heavy atom. The van der Waals surface area contributed by atoms with Gasteiger partial charge in [-0.2, -0.15) is 0 Å². The summed E-state index contributed by atoms with van der Waals surface area (Å²) in [5, 5.41) is 7.30. The Labute approximate surface area is 169 Å². The lowest BCUT2D eigenvalue weighted by atomic mass is 10.1. The van der Waals surface area contributed by atoms with E-state index in [1.807, 2.05) is 43.6 Å². The summed E-state index contributed by atoms with van der Waals surface area (Å²) < 4.78 is 2.13. The van der Waals surface area contributed by atoms with Crippen molar-refractivity contribution >= 4 is 22.6 Å². The van der Waals surface area contributed by atoms with E-state index in [2.05, 4.69) is 44.5 Å². The van der Waals surface area contributed by atoms with Crippen molar-refractivity contribution in [2.24, 2.45) is 0 Å². The Morgan fingerprint density at radius 2 is 1.89 bits per heavy atom. The average molecular weight is 392 g/mol. The number of nitrogens with one attached hydrogen (secondary N) is 2. The Kier molecular flexibility index (Phi) is 5.67. The molecule has 2 heterocycles. The molecule has 0 saturated carbocycles. The molecule has 0 saturated heterocycles. The fourth-order valence-corrected chi connectivity index (χ4v) is 3.36. The number of benzene rings is 2. The van der Waals surface area contributed by atoms with E-state index < -0.39 is 0 Å². The summed E-state index contributed by atoms with van der Waals surface area (Å²) in [6, 6.07) is 18.2. The van der Waals surface area contributed by atoms with Gasteiger partial charge in [0.2, 0.25) is 0 Å². The van der Waals surface area contributed by atoms with Gasteiger partial charge in [-0.3, -0.25) is 9.55 Å². The fraction of sp³-hybridized carbons (Fsp3) is 0.182. The van der Waals surface area contributed by atoms with Gasteiger partial charge in [-0.15, -0.1) is 0 Å². The Hall–Kier alpha value is -2.73. The van der Waals surface area contributed by atoms with Crippen LogP contribution in [0.3, 0.4) is 0 Å². The number of hydrogen-bond donors (Lipinski definition) is 2. The standard InChI is InChI=1S/C22H22ClN5/c1-24-11-12-26-14-16-3-2-4-17(13-16)22-27-20-9-10-25-15-21(20)28(22)19-7-5-18(23)6-8-19/h2-10,13,15,24,26H,11-12,14H2,1H3. The molecule has 142 valence electrons. The zero-order valence-electron chi connectivity index (χ0n) is 15.7. The van der Waals surface area contributed by atoms with Gasteiger partial charge in [0, 0.05) is 42.1 Å². The van der Waals surface area contributed by atoms with E-state index in [9.17, 15) is 0 Å². The molecule has 0 unspecified atom stereocenters. The zero-order chi connectivity index (χ0) is 19.3. The van der Waals surface area contributed by atoms with Crippen LogP contribution >= 0.6 is 11.6 Å². The smallest absolute Gasteiger partial charge is 0.145 e. The lowest BCUT2D eigenvalue weighted by molar-refractivity contribution is 0.651. The molecular formula is C22H22ClN5. The van der Waals surface area contributed by atoms with Crippen molar-refractivity contribution in [3.05, 3.63) is 77.6 Å². The van der Waals surface area contributed by atoms with E-state index in [1.165, 1.54) is 5.56 Å². The highest BCUT2D eigenvalue weighted by molar-refractivity contribution is 6.30. The molecule has 4 rings (SSSR count). The monoisotopic (exact) mass is 391 g/mol. The molecule has 0 spiro atoms. The summed E-state index contributed by atoms with van der Waals surface area (Å²) in [4.78, 5) is 9.19. The van der Waals surface area contributed by atoms with Crippen molar-refractivity contribution in [1.29, 1.82) is 0 Å². The number of nitrogens with zero attached hydrogens (tertiary/aromatic N) is 3. The summed E-state index contributed by atoms with van der Waals surface area (Å²) in [6.07, 6.45) is 3.62. The minimum atomic E-state index is 0.711. The van der Waals surface area contributed by atoms with Crippen LogP contribution in [0.15, 0.2) is 67.0 Å². The average Bonchev–Trinajstić information content (AvgIpc) is 3.12. The number of imidazole rings is 1. The second kappa shape index (κ2) is 8.52. The van der Waals surface area contributed by atoms with Crippen molar-refractivity contribution in [3.8, 4) is 17.1 Å². The number of halogens is 1. The van der Waals surface area contributed by atoms with Crippen LogP contribution in [0.5, 0.6) is 0 Å². The Bertz CT molecular complexity index is 1070. The molecule has 0 amide bonds. The molecule has 2 aromatic heterocycles. The maximum absolute atomic E-state index is 6.09. The summed E-state index contributed by atoms with van der Waals surface area (Å²) in [5.74, 6) is 0.891. The van der Waals surface area contributed by atoms with E-state index in [1.54, 1.807) is 6.20 Å². The minimum Gasteiger partial charge on any atom is -0.318 e. The summed E-state index contributed by atoms with van der Waals surface area (Å²) >= 11 is 6.09. The van der Waals surface area contributed by atoms with Gasteiger partial charge >= 0.3 is 0 Å². The molecule has 0 radical (unpaired) electrons. The molecule has 6 heteroatoms. The first kappa shape index (κ1) is 18.6. The Morgan fingerprint density at radius 3 is 2.71 bits per heavy atom. The van der Waals surface area contributed by atoms with Crippen LogP contribution in [0.1, 0.15) is 5.56 Å². The van der Waals surface area contributed by atoms with E-state index in [4.69, 9.17) is 16.6 Å². The van der Waals surface area contributed by atoms with Crippen molar-refractivity contribution in [2.45, 2.75) is 6.54 Å². The molecule has 0 aliphatic carbocycles. The van der Waals surface area contributed by atoms with Crippen LogP contribution in [0.2, 0.25) is 5.02 Å². The largest absolute Gasteiger partial charge is 0.318 e. The van der Waals surface area contributed by atoms with Gasteiger partial charge in [0.15, 0.2) is 0 Å². The highest BCUT2D eigenvalue weighted by Gasteiger charge is 2.14. The van der Waals surface area contributed by atoms with E-state index in [0.717, 1.165) is 47.7 Å². The molecular weight excluding hydrogens is 370 g/mol. The lowest BCUT2D eigenvalue weighted by Gasteiger charge is -2.11. The van der Waals surface area contributed by atoms with Gasteiger partial charge in [0.25, 0.3) is 0 Å². The SMILES string of the molecule is CNCCNCc1cccc(-c2nc3ccncc3n2-c2ccc(Cl)cc2)c1. The van der Waals surface area contributed by atoms with E-state index >= 15 is 0 Å². The van der Waals surface area contributed by atoms with Crippen molar-refractivity contribution < 1.29 is 0 Å². The van der Waals surface area contributed by atoms with Crippen LogP contribution in [0.4, 0.5) is 0 Å². The summed E-state index contributed by atoms with van der Waals surface area (Å²) in [7, 11) is 1.96. The van der Waals surface area contributed by atoms with Gasteiger partial charge in [0.1, 0.15) is 5.82 Å². The van der Waals surface area contributed by atoms with Gasteiger partial charge in [-0.1, -0.05) is 29.8 Å². The predicted octanol–water partition coefficient (Wildman–Crippen LogP) is 4.05. The van der Waals surface area contributed by atoms with Crippen molar-refractivity contribution in [2.75, 3.05) is 20.1 Å². The molecule has 0 fully saturated rings. The van der Waals surface area contributed by atoms with Crippen LogP contribution in [0.25, 0.3) is 28.1 Å². The van der Waals surface area contributed by atoms with Gasteiger partial charge in [0.05, 0.1) is 17.2 Å². The maximum Gasteiger partial charge on any atom is 0.145 e. The molecule has 0 bridgehead atoms. The third-order valence-corrected chi connectivity index (χ3v) is 4.86. The van der Waals surface area contributed by atoms with Gasteiger partial charge < -0.3 is 10.6 Å². The lowest BCUT2D eigenvalue weighted by Crippen LogP contribution is -2.24. The predicted molar refractivity (Wildman–Crippen MR) is 115 cm³/mol. The van der Waals surface area contributed by atoms with Gasteiger partial charge in [-0.25, -0.2) is 4.98 Å². The zero-order valence-corrected chi connectivity index (χ0v) is 16.4. The highest BCUT2D eigenvalue weighted by Crippen LogP contribution is 2.29. The Balaban J connectivity index is 1.76. The molecule has 2 aromatic carbocycles. The second-order valence-corrected chi connectivity index (χ2v) is 7.03. The first-order chi connectivity index (χ1) is 13.8. The molecule has 0 aliphatic heterocycles. The number of rotatable bonds is 7. The number of hydrogen-bond acceptors (Lipinski definition) is 4. The summed E-state index contributed by atoms with van der Waals surface area (Å²) in [5.41, 5.74) is 5.18. The van der Waals surface area contributed by atoms with Crippen LogP contribution in [0, 0.1) is 0 Å². The highest BCUT2D eigenvalue weighted by atomic mass is 35.5. The number of aromatic nitrogens is 3. The molecule has 4 aromatic rings. The van der Waals surface area contributed by atoms with Crippen molar-refractivity contribution in [1.82, 2.24) is 25.2 Å². The normalized spacial score (nSPS) is 11.2. The molecule has 0 aliphatic rings. The topological polar surface area (TPSA) is 54.8 Å². The molecule has 28 heavy (non-hydrogen) atoms. The van der Waals surface area contributed by atoms with Crippen LogP contribution in [-0.2, 0) is 6.54 Å². The molecule has 0 atom stereocenters. The summed E-state index contributed by atoms with van der Waals surface area (Å²) in [6.45, 7) is 2.69. The van der Waals surface area contributed by atoms with E-state index in [-0.39, 0.29) is 0 Å². The number of pyridine rings is 1. The number of fused-ring (bicyclic) bond motifs is 1.